The highest BCUT2D eigenvalue weighted by molar-refractivity contribution is 6.00. The van der Waals surface area contributed by atoms with Gasteiger partial charge in [-0.2, -0.15) is 0 Å². The van der Waals surface area contributed by atoms with Gasteiger partial charge in [0.1, 0.15) is 0 Å². The topological polar surface area (TPSA) is 55.9 Å². The molecule has 4 fully saturated rings. The first-order chi connectivity index (χ1) is 16.7. The maximum atomic E-state index is 13.5. The van der Waals surface area contributed by atoms with E-state index >= 15 is 0 Å². The van der Waals surface area contributed by atoms with Crippen LogP contribution in [0.1, 0.15) is 81.0 Å². The lowest BCUT2D eigenvalue weighted by Crippen LogP contribution is -2.52. The SMILES string of the molecule is O=C(NC1CCN(c2ccccc2C(=O)N2CCN(C3CCCCCC3)CC2)CC1)C1CCC1. The van der Waals surface area contributed by atoms with E-state index in [9.17, 15) is 9.59 Å². The van der Waals surface area contributed by atoms with Crippen LogP contribution in [0.3, 0.4) is 0 Å². The van der Waals surface area contributed by atoms with E-state index in [1.807, 2.05) is 18.2 Å². The van der Waals surface area contributed by atoms with Crippen molar-refractivity contribution >= 4 is 17.5 Å². The molecule has 2 amide bonds. The number of carbonyl (C=O) groups excluding carboxylic acids is 2. The van der Waals surface area contributed by atoms with Crippen LogP contribution < -0.4 is 10.2 Å². The van der Waals surface area contributed by atoms with Gasteiger partial charge in [0.15, 0.2) is 0 Å². The van der Waals surface area contributed by atoms with Gasteiger partial charge in [0, 0.05) is 63.0 Å². The second-order valence-electron chi connectivity index (χ2n) is 10.9. The standard InChI is InChI=1S/C28H42N4O2/c33-27(22-8-7-9-22)29-23-14-16-31(17-15-23)26-13-6-5-12-25(26)28(34)32-20-18-30(19-21-32)24-10-3-1-2-4-11-24/h5-6,12-13,22-24H,1-4,7-11,14-21H2,(H,29,33). The van der Waals surface area contributed by atoms with Gasteiger partial charge in [-0.25, -0.2) is 0 Å². The Hall–Kier alpha value is -2.08. The first-order valence-corrected chi connectivity index (χ1v) is 13.9. The predicted molar refractivity (Wildman–Crippen MR) is 136 cm³/mol. The molecule has 0 bridgehead atoms. The fourth-order valence-corrected chi connectivity index (χ4v) is 6.27. The van der Waals surface area contributed by atoms with E-state index in [2.05, 4.69) is 26.1 Å². The summed E-state index contributed by atoms with van der Waals surface area (Å²) in [5.41, 5.74) is 1.89. The van der Waals surface area contributed by atoms with Crippen molar-refractivity contribution < 1.29 is 9.59 Å². The third-order valence-electron chi connectivity index (χ3n) is 8.74. The van der Waals surface area contributed by atoms with Crippen molar-refractivity contribution in [2.75, 3.05) is 44.2 Å². The lowest BCUT2D eigenvalue weighted by molar-refractivity contribution is -0.128. The summed E-state index contributed by atoms with van der Waals surface area (Å²) in [5, 5.41) is 3.27. The molecule has 1 aromatic carbocycles. The predicted octanol–water partition coefficient (Wildman–Crippen LogP) is 4.05. The summed E-state index contributed by atoms with van der Waals surface area (Å²) in [7, 11) is 0. The molecule has 6 heteroatoms. The van der Waals surface area contributed by atoms with Crippen molar-refractivity contribution in [2.45, 2.75) is 82.7 Å². The molecule has 0 unspecified atom stereocenters. The highest BCUT2D eigenvalue weighted by Crippen LogP contribution is 2.29. The lowest BCUT2D eigenvalue weighted by atomic mass is 9.84. The number of hydrogen-bond donors (Lipinski definition) is 1. The molecule has 2 heterocycles. The molecule has 0 radical (unpaired) electrons. The molecule has 0 spiro atoms. The third-order valence-corrected chi connectivity index (χ3v) is 8.74. The van der Waals surface area contributed by atoms with Gasteiger partial charge < -0.3 is 15.1 Å². The Morgan fingerprint density at radius 1 is 0.735 bits per heavy atom. The average Bonchev–Trinajstić information content (AvgIpc) is 3.13. The van der Waals surface area contributed by atoms with Crippen molar-refractivity contribution in [1.82, 2.24) is 15.1 Å². The molecule has 34 heavy (non-hydrogen) atoms. The van der Waals surface area contributed by atoms with Crippen molar-refractivity contribution in [3.63, 3.8) is 0 Å². The van der Waals surface area contributed by atoms with Gasteiger partial charge >= 0.3 is 0 Å². The number of piperidine rings is 1. The van der Waals surface area contributed by atoms with Crippen molar-refractivity contribution in [1.29, 1.82) is 0 Å². The molecule has 6 nitrogen and oxygen atoms in total. The monoisotopic (exact) mass is 466 g/mol. The van der Waals surface area contributed by atoms with Gasteiger partial charge in [0.05, 0.1) is 5.56 Å². The van der Waals surface area contributed by atoms with Crippen molar-refractivity contribution in [3.8, 4) is 0 Å². The molecule has 2 aliphatic heterocycles. The Morgan fingerprint density at radius 3 is 2.06 bits per heavy atom. The van der Waals surface area contributed by atoms with Gasteiger partial charge in [-0.15, -0.1) is 0 Å². The zero-order valence-corrected chi connectivity index (χ0v) is 20.7. The summed E-state index contributed by atoms with van der Waals surface area (Å²) in [6, 6.07) is 9.12. The second kappa shape index (κ2) is 11.1. The summed E-state index contributed by atoms with van der Waals surface area (Å²) in [5.74, 6) is 0.680. The molecule has 5 rings (SSSR count). The number of anilines is 1. The average molecular weight is 467 g/mol. The van der Waals surface area contributed by atoms with Gasteiger partial charge in [-0.3, -0.25) is 14.5 Å². The summed E-state index contributed by atoms with van der Waals surface area (Å²) >= 11 is 0. The third kappa shape index (κ3) is 5.42. The van der Waals surface area contributed by atoms with Crippen LogP contribution in [0.2, 0.25) is 0 Å². The first-order valence-electron chi connectivity index (χ1n) is 13.9. The van der Waals surface area contributed by atoms with Crippen LogP contribution in [0, 0.1) is 5.92 Å². The van der Waals surface area contributed by atoms with Crippen LogP contribution >= 0.6 is 0 Å². The Morgan fingerprint density at radius 2 is 1.41 bits per heavy atom. The lowest BCUT2D eigenvalue weighted by Gasteiger charge is -2.40. The maximum absolute atomic E-state index is 13.5. The molecule has 186 valence electrons. The maximum Gasteiger partial charge on any atom is 0.256 e. The van der Waals surface area contributed by atoms with Gasteiger partial charge in [-0.05, 0) is 50.7 Å². The quantitative estimate of drug-likeness (QED) is 0.665. The van der Waals surface area contributed by atoms with Crippen LogP contribution in [0.4, 0.5) is 5.69 Å². The molecule has 4 aliphatic rings. The van der Waals surface area contributed by atoms with Crippen LogP contribution in [-0.2, 0) is 4.79 Å². The first kappa shape index (κ1) is 23.7. The number of nitrogens with one attached hydrogen (secondary N) is 1. The molecular formula is C28H42N4O2. The Labute approximate surface area is 205 Å². The van der Waals surface area contributed by atoms with Crippen LogP contribution in [0.5, 0.6) is 0 Å². The minimum Gasteiger partial charge on any atom is -0.371 e. The van der Waals surface area contributed by atoms with Crippen LogP contribution in [-0.4, -0.2) is 73.0 Å². The number of nitrogens with zero attached hydrogens (tertiary/aromatic N) is 3. The number of piperazine rings is 1. The summed E-state index contributed by atoms with van der Waals surface area (Å²) in [4.78, 5) is 32.9. The van der Waals surface area contributed by atoms with Gasteiger partial charge in [0.25, 0.3) is 5.91 Å². The van der Waals surface area contributed by atoms with E-state index in [4.69, 9.17) is 0 Å². The van der Waals surface area contributed by atoms with E-state index < -0.39 is 0 Å². The molecule has 1 aromatic rings. The largest absolute Gasteiger partial charge is 0.371 e. The van der Waals surface area contributed by atoms with E-state index in [1.54, 1.807) is 0 Å². The molecule has 1 N–H and O–H groups in total. The van der Waals surface area contributed by atoms with E-state index in [0.717, 1.165) is 82.2 Å². The minimum atomic E-state index is 0.177. The van der Waals surface area contributed by atoms with Gasteiger partial charge in [-0.1, -0.05) is 44.2 Å². The molecule has 2 saturated heterocycles. The Balaban J connectivity index is 1.16. The number of hydrogen-bond acceptors (Lipinski definition) is 4. The van der Waals surface area contributed by atoms with E-state index in [-0.39, 0.29) is 23.8 Å². The highest BCUT2D eigenvalue weighted by Gasteiger charge is 2.31. The zero-order valence-electron chi connectivity index (χ0n) is 20.7. The molecule has 0 aromatic heterocycles. The zero-order chi connectivity index (χ0) is 23.3. The number of carbonyl (C=O) groups is 2. The molecular weight excluding hydrogens is 424 g/mol. The fraction of sp³-hybridized carbons (Fsp3) is 0.714. The summed E-state index contributed by atoms with van der Waals surface area (Å²) in [6.07, 6.45) is 13.3. The highest BCUT2D eigenvalue weighted by atomic mass is 16.2. The summed E-state index contributed by atoms with van der Waals surface area (Å²) in [6.45, 7) is 5.44. The normalized spacial score (nSPS) is 23.9. The second-order valence-corrected chi connectivity index (χ2v) is 10.9. The number of rotatable bonds is 5. The minimum absolute atomic E-state index is 0.177. The molecule has 2 saturated carbocycles. The number of benzene rings is 1. The van der Waals surface area contributed by atoms with Crippen molar-refractivity contribution in [2.24, 2.45) is 5.92 Å². The van der Waals surface area contributed by atoms with E-state index in [0.29, 0.717) is 0 Å². The number of amides is 2. The fourth-order valence-electron chi connectivity index (χ4n) is 6.27. The van der Waals surface area contributed by atoms with Crippen LogP contribution in [0.25, 0.3) is 0 Å². The molecule has 0 atom stereocenters. The smallest absolute Gasteiger partial charge is 0.256 e. The van der Waals surface area contributed by atoms with Gasteiger partial charge in [0.2, 0.25) is 5.91 Å². The van der Waals surface area contributed by atoms with Crippen LogP contribution in [0.15, 0.2) is 24.3 Å². The number of para-hydroxylation sites is 1. The Kier molecular flexibility index (Phi) is 7.73. The molecule has 2 aliphatic carbocycles. The Bertz CT molecular complexity index is 831. The van der Waals surface area contributed by atoms with Crippen molar-refractivity contribution in [3.05, 3.63) is 29.8 Å². The van der Waals surface area contributed by atoms with E-state index in [1.165, 1.54) is 44.9 Å². The summed E-state index contributed by atoms with van der Waals surface area (Å²) < 4.78 is 0.